The predicted molar refractivity (Wildman–Crippen MR) is 97.3 cm³/mol. The molecular weight excluding hydrogens is 333 g/mol. The van der Waals surface area contributed by atoms with Gasteiger partial charge in [-0.1, -0.05) is 18.2 Å². The van der Waals surface area contributed by atoms with E-state index < -0.39 is 5.56 Å². The number of pyridine rings is 1. The minimum absolute atomic E-state index is 0.0823. The summed E-state index contributed by atoms with van der Waals surface area (Å²) in [5, 5.41) is 12.0. The van der Waals surface area contributed by atoms with Gasteiger partial charge in [-0.2, -0.15) is 5.26 Å². The first-order chi connectivity index (χ1) is 12.3. The number of hydrogen-bond donors (Lipinski definition) is 2. The number of nitriles is 1. The number of halogens is 1. The number of nitrogens with one attached hydrogen (secondary N) is 2. The molecule has 0 fully saturated rings. The lowest BCUT2D eigenvalue weighted by atomic mass is 9.99. The highest BCUT2D eigenvalue weighted by molar-refractivity contribution is 5.76. The van der Waals surface area contributed by atoms with Crippen LogP contribution >= 0.6 is 0 Å². The fourth-order valence-corrected chi connectivity index (χ4v) is 3.05. The summed E-state index contributed by atoms with van der Waals surface area (Å²) in [7, 11) is 0. The Morgan fingerprint density at radius 1 is 1.35 bits per heavy atom. The summed E-state index contributed by atoms with van der Waals surface area (Å²) in [6.45, 7) is 5.30. The maximum atomic E-state index is 13.7. The number of aromatic amines is 1. The standard InChI is InChI=1S/C20H22FN3O2/c1-12(10-15-6-4-5-7-18(15)21)23-19(25)9-8-16-13(2)17(11-22)20(26)24-14(16)3/h4-7,12H,8-10H2,1-3H3,(H,23,25)(H,24,26). The molecule has 0 radical (unpaired) electrons. The molecule has 1 unspecified atom stereocenters. The number of benzene rings is 1. The zero-order chi connectivity index (χ0) is 19.3. The number of rotatable bonds is 6. The van der Waals surface area contributed by atoms with Crippen molar-refractivity contribution in [2.45, 2.75) is 46.1 Å². The summed E-state index contributed by atoms with van der Waals surface area (Å²) >= 11 is 0. The second kappa shape index (κ2) is 8.43. The fraction of sp³-hybridized carbons (Fsp3) is 0.350. The quantitative estimate of drug-likeness (QED) is 0.835. The molecule has 0 aliphatic rings. The Labute approximate surface area is 151 Å². The van der Waals surface area contributed by atoms with E-state index in [1.54, 1.807) is 32.0 Å². The lowest BCUT2D eigenvalue weighted by molar-refractivity contribution is -0.121. The first-order valence-corrected chi connectivity index (χ1v) is 8.48. The predicted octanol–water partition coefficient (Wildman–Crippen LogP) is 2.68. The molecule has 26 heavy (non-hydrogen) atoms. The highest BCUT2D eigenvalue weighted by Crippen LogP contribution is 2.15. The van der Waals surface area contributed by atoms with Crippen LogP contribution in [0.2, 0.25) is 0 Å². The average Bonchev–Trinajstić information content (AvgIpc) is 2.56. The Morgan fingerprint density at radius 3 is 2.69 bits per heavy atom. The molecule has 0 aliphatic carbocycles. The highest BCUT2D eigenvalue weighted by atomic mass is 19.1. The van der Waals surface area contributed by atoms with Crippen LogP contribution in [0.25, 0.3) is 0 Å². The van der Waals surface area contributed by atoms with Gasteiger partial charge in [-0.25, -0.2) is 4.39 Å². The van der Waals surface area contributed by atoms with Crippen LogP contribution in [0, 0.1) is 31.0 Å². The Kier molecular flexibility index (Phi) is 6.29. The van der Waals surface area contributed by atoms with E-state index in [2.05, 4.69) is 10.3 Å². The van der Waals surface area contributed by atoms with Gasteiger partial charge in [-0.05, 0) is 56.4 Å². The van der Waals surface area contributed by atoms with Crippen LogP contribution in [0.3, 0.4) is 0 Å². The van der Waals surface area contributed by atoms with E-state index in [4.69, 9.17) is 5.26 Å². The molecule has 0 saturated carbocycles. The van der Waals surface area contributed by atoms with Crippen molar-refractivity contribution in [2.75, 3.05) is 0 Å². The number of carbonyl (C=O) groups excluding carboxylic acids is 1. The van der Waals surface area contributed by atoms with E-state index in [0.717, 1.165) is 5.56 Å². The molecule has 1 heterocycles. The smallest absolute Gasteiger partial charge is 0.266 e. The number of carbonyl (C=O) groups is 1. The fourth-order valence-electron chi connectivity index (χ4n) is 3.05. The van der Waals surface area contributed by atoms with Gasteiger partial charge in [-0.15, -0.1) is 0 Å². The van der Waals surface area contributed by atoms with Gasteiger partial charge in [0.1, 0.15) is 17.4 Å². The van der Waals surface area contributed by atoms with Crippen LogP contribution in [-0.2, 0) is 17.6 Å². The minimum atomic E-state index is -0.408. The highest BCUT2D eigenvalue weighted by Gasteiger charge is 2.15. The SMILES string of the molecule is Cc1[nH]c(=O)c(C#N)c(C)c1CCC(=O)NC(C)Cc1ccccc1F. The van der Waals surface area contributed by atoms with Gasteiger partial charge in [0.15, 0.2) is 0 Å². The van der Waals surface area contributed by atoms with Gasteiger partial charge >= 0.3 is 0 Å². The molecular formula is C20H22FN3O2. The van der Waals surface area contributed by atoms with Crippen molar-refractivity contribution >= 4 is 5.91 Å². The van der Waals surface area contributed by atoms with Gasteiger partial charge < -0.3 is 10.3 Å². The number of H-pyrrole nitrogens is 1. The molecule has 5 nitrogen and oxygen atoms in total. The number of amides is 1. The maximum absolute atomic E-state index is 13.7. The topological polar surface area (TPSA) is 85.8 Å². The summed E-state index contributed by atoms with van der Waals surface area (Å²) in [5.74, 6) is -0.436. The number of hydrogen-bond acceptors (Lipinski definition) is 3. The molecule has 1 aromatic heterocycles. The number of aryl methyl sites for hydroxylation is 1. The summed E-state index contributed by atoms with van der Waals surface area (Å²) in [5.41, 5.74) is 2.32. The molecule has 1 amide bonds. The van der Waals surface area contributed by atoms with Gasteiger partial charge in [0.2, 0.25) is 5.91 Å². The minimum Gasteiger partial charge on any atom is -0.353 e. The van der Waals surface area contributed by atoms with E-state index in [1.807, 2.05) is 13.0 Å². The second-order valence-electron chi connectivity index (χ2n) is 6.43. The third-order valence-electron chi connectivity index (χ3n) is 4.41. The molecule has 1 aromatic carbocycles. The van der Waals surface area contributed by atoms with Crippen LogP contribution < -0.4 is 10.9 Å². The number of nitrogens with zero attached hydrogens (tertiary/aromatic N) is 1. The largest absolute Gasteiger partial charge is 0.353 e. The van der Waals surface area contributed by atoms with Crippen LogP contribution in [0.4, 0.5) is 4.39 Å². The van der Waals surface area contributed by atoms with Crippen LogP contribution in [-0.4, -0.2) is 16.9 Å². The zero-order valence-corrected chi connectivity index (χ0v) is 15.1. The molecule has 2 aromatic rings. The Hall–Kier alpha value is -2.94. The molecule has 136 valence electrons. The lowest BCUT2D eigenvalue weighted by Crippen LogP contribution is -2.34. The van der Waals surface area contributed by atoms with E-state index in [-0.39, 0.29) is 29.8 Å². The van der Waals surface area contributed by atoms with E-state index in [1.165, 1.54) is 6.07 Å². The Morgan fingerprint density at radius 2 is 2.04 bits per heavy atom. The maximum Gasteiger partial charge on any atom is 0.266 e. The van der Waals surface area contributed by atoms with Crippen molar-refractivity contribution in [1.82, 2.24) is 10.3 Å². The van der Waals surface area contributed by atoms with Gasteiger partial charge in [0.05, 0.1) is 0 Å². The molecule has 6 heteroatoms. The Bertz CT molecular complexity index is 912. The van der Waals surface area contributed by atoms with Crippen molar-refractivity contribution in [1.29, 1.82) is 5.26 Å². The first-order valence-electron chi connectivity index (χ1n) is 8.48. The molecule has 0 saturated heterocycles. The number of aromatic nitrogens is 1. The van der Waals surface area contributed by atoms with E-state index in [9.17, 15) is 14.0 Å². The molecule has 2 N–H and O–H groups in total. The lowest BCUT2D eigenvalue weighted by Gasteiger charge is -2.15. The average molecular weight is 355 g/mol. The monoisotopic (exact) mass is 355 g/mol. The van der Waals surface area contributed by atoms with Crippen molar-refractivity contribution in [2.24, 2.45) is 0 Å². The molecule has 2 rings (SSSR count). The summed E-state index contributed by atoms with van der Waals surface area (Å²) in [4.78, 5) is 26.6. The molecule has 0 bridgehead atoms. The summed E-state index contributed by atoms with van der Waals surface area (Å²) < 4.78 is 13.7. The molecule has 0 aliphatic heterocycles. The molecule has 0 spiro atoms. The van der Waals surface area contributed by atoms with Gasteiger partial charge in [-0.3, -0.25) is 9.59 Å². The van der Waals surface area contributed by atoms with Crippen LogP contribution in [0.15, 0.2) is 29.1 Å². The van der Waals surface area contributed by atoms with Gasteiger partial charge in [0.25, 0.3) is 5.56 Å². The third kappa shape index (κ3) is 4.57. The van der Waals surface area contributed by atoms with Crippen LogP contribution in [0.5, 0.6) is 0 Å². The third-order valence-corrected chi connectivity index (χ3v) is 4.41. The van der Waals surface area contributed by atoms with Crippen molar-refractivity contribution in [3.63, 3.8) is 0 Å². The van der Waals surface area contributed by atoms with Crippen LogP contribution in [0.1, 0.15) is 41.3 Å². The van der Waals surface area contributed by atoms with E-state index in [0.29, 0.717) is 29.7 Å². The van der Waals surface area contributed by atoms with Crippen molar-refractivity contribution in [3.05, 3.63) is 68.4 Å². The second-order valence-corrected chi connectivity index (χ2v) is 6.43. The summed E-state index contributed by atoms with van der Waals surface area (Å²) in [6.07, 6.45) is 1.05. The van der Waals surface area contributed by atoms with Crippen molar-refractivity contribution in [3.8, 4) is 6.07 Å². The first kappa shape index (κ1) is 19.4. The van der Waals surface area contributed by atoms with E-state index >= 15 is 0 Å². The van der Waals surface area contributed by atoms with Gasteiger partial charge in [0, 0.05) is 18.2 Å². The van der Waals surface area contributed by atoms with Crippen molar-refractivity contribution < 1.29 is 9.18 Å². The molecule has 1 atom stereocenters. The Balaban J connectivity index is 1.98. The summed E-state index contributed by atoms with van der Waals surface area (Å²) in [6, 6.07) is 8.20. The normalized spacial score (nSPS) is 11.7. The zero-order valence-electron chi connectivity index (χ0n) is 15.1.